The van der Waals surface area contributed by atoms with Gasteiger partial charge in [-0.15, -0.1) is 0 Å². The van der Waals surface area contributed by atoms with E-state index in [1.165, 1.54) is 4.90 Å². The maximum Gasteiger partial charge on any atom is 0.300 e. The molecule has 1 aliphatic heterocycles. The summed E-state index contributed by atoms with van der Waals surface area (Å²) in [5, 5.41) is 12.1. The fourth-order valence-corrected chi connectivity index (χ4v) is 4.47. The Morgan fingerprint density at radius 2 is 1.62 bits per heavy atom. The lowest BCUT2D eigenvalue weighted by atomic mass is 9.85. The largest absolute Gasteiger partial charge is 0.507 e. The summed E-state index contributed by atoms with van der Waals surface area (Å²) in [6, 6.07) is 18.7. The molecule has 0 bridgehead atoms. The molecule has 1 atom stereocenters. The SMILES string of the molecule is Cc1ccc(N2C(=O)C(=O)/C(=C(/O)c3cccc(Cl)c3)C2c2ccc(C(C)(C)C)cc2)cc1Cl. The molecule has 1 heterocycles. The van der Waals surface area contributed by atoms with E-state index in [0.717, 1.165) is 11.1 Å². The first-order chi connectivity index (χ1) is 16.0. The maximum atomic E-state index is 13.3. The van der Waals surface area contributed by atoms with Crippen molar-refractivity contribution in [1.82, 2.24) is 0 Å². The number of carbonyl (C=O) groups is 2. The zero-order chi connectivity index (χ0) is 24.8. The van der Waals surface area contributed by atoms with E-state index in [4.69, 9.17) is 23.2 Å². The summed E-state index contributed by atoms with van der Waals surface area (Å²) in [7, 11) is 0. The second-order valence-corrected chi connectivity index (χ2v) is 10.3. The Balaban J connectivity index is 1.94. The van der Waals surface area contributed by atoms with Crippen molar-refractivity contribution in [2.75, 3.05) is 4.90 Å². The predicted octanol–water partition coefficient (Wildman–Crippen LogP) is 7.23. The second-order valence-electron chi connectivity index (χ2n) is 9.48. The number of hydrogen-bond acceptors (Lipinski definition) is 3. The minimum Gasteiger partial charge on any atom is -0.507 e. The van der Waals surface area contributed by atoms with E-state index in [9.17, 15) is 14.7 Å². The summed E-state index contributed by atoms with van der Waals surface area (Å²) in [4.78, 5) is 28.0. The summed E-state index contributed by atoms with van der Waals surface area (Å²) < 4.78 is 0. The molecule has 6 heteroatoms. The first-order valence-corrected chi connectivity index (χ1v) is 11.7. The van der Waals surface area contributed by atoms with Crippen LogP contribution in [0.25, 0.3) is 5.76 Å². The Morgan fingerprint density at radius 3 is 2.21 bits per heavy atom. The highest BCUT2D eigenvalue weighted by atomic mass is 35.5. The standard InChI is InChI=1S/C28H25Cl2NO3/c1-16-8-13-21(15-22(16)30)31-24(17-9-11-19(12-10-17)28(2,3)4)23(26(33)27(31)34)25(32)18-6-5-7-20(29)14-18/h5-15,24,32H,1-4H3/b25-23+. The van der Waals surface area contributed by atoms with Crippen molar-refractivity contribution in [2.24, 2.45) is 0 Å². The number of rotatable bonds is 3. The molecule has 1 fully saturated rings. The van der Waals surface area contributed by atoms with Gasteiger partial charge < -0.3 is 5.11 Å². The van der Waals surface area contributed by atoms with Gasteiger partial charge in [0.15, 0.2) is 0 Å². The summed E-state index contributed by atoms with van der Waals surface area (Å²) in [5.41, 5.74) is 3.45. The maximum absolute atomic E-state index is 13.3. The Morgan fingerprint density at radius 1 is 0.941 bits per heavy atom. The van der Waals surface area contributed by atoms with Gasteiger partial charge in [-0.2, -0.15) is 0 Å². The van der Waals surface area contributed by atoms with Gasteiger partial charge in [-0.25, -0.2) is 0 Å². The van der Waals surface area contributed by atoms with Crippen LogP contribution in [0.2, 0.25) is 10.0 Å². The molecule has 0 aliphatic carbocycles. The number of amides is 1. The first kappa shape index (κ1) is 24.1. The Hall–Kier alpha value is -3.08. The van der Waals surface area contributed by atoms with Crippen molar-refractivity contribution in [3.05, 3.63) is 105 Å². The van der Waals surface area contributed by atoms with Gasteiger partial charge in [0.2, 0.25) is 0 Å². The average Bonchev–Trinajstić information content (AvgIpc) is 3.05. The molecule has 3 aromatic carbocycles. The molecular formula is C28H25Cl2NO3. The molecule has 4 nitrogen and oxygen atoms in total. The normalized spacial score (nSPS) is 17.9. The smallest absolute Gasteiger partial charge is 0.300 e. The van der Waals surface area contributed by atoms with E-state index in [1.54, 1.807) is 42.5 Å². The number of carbonyl (C=O) groups excluding carboxylic acids is 2. The minimum atomic E-state index is -0.827. The molecule has 34 heavy (non-hydrogen) atoms. The van der Waals surface area contributed by atoms with Crippen LogP contribution in [0.5, 0.6) is 0 Å². The topological polar surface area (TPSA) is 57.6 Å². The Labute approximate surface area is 209 Å². The highest BCUT2D eigenvalue weighted by molar-refractivity contribution is 6.52. The van der Waals surface area contributed by atoms with Gasteiger partial charge >= 0.3 is 0 Å². The quantitative estimate of drug-likeness (QED) is 0.238. The van der Waals surface area contributed by atoms with Crippen molar-refractivity contribution < 1.29 is 14.7 Å². The zero-order valence-electron chi connectivity index (χ0n) is 19.4. The van der Waals surface area contributed by atoms with Crippen LogP contribution in [0.4, 0.5) is 5.69 Å². The van der Waals surface area contributed by atoms with Crippen molar-refractivity contribution in [1.29, 1.82) is 0 Å². The van der Waals surface area contributed by atoms with Gasteiger partial charge in [0.05, 0.1) is 11.6 Å². The number of anilines is 1. The van der Waals surface area contributed by atoms with E-state index in [0.29, 0.717) is 26.9 Å². The van der Waals surface area contributed by atoms with Gasteiger partial charge in [-0.3, -0.25) is 14.5 Å². The lowest BCUT2D eigenvalue weighted by molar-refractivity contribution is -0.132. The number of halogens is 2. The van der Waals surface area contributed by atoms with Crippen molar-refractivity contribution >= 4 is 46.3 Å². The van der Waals surface area contributed by atoms with E-state index >= 15 is 0 Å². The number of nitrogens with zero attached hydrogens (tertiary/aromatic N) is 1. The molecule has 1 N–H and O–H groups in total. The van der Waals surface area contributed by atoms with Gasteiger partial charge in [-0.05, 0) is 53.3 Å². The number of Topliss-reactive ketones (excluding diaryl/α,β-unsaturated/α-hetero) is 1. The number of aliphatic hydroxyl groups excluding tert-OH is 1. The third-order valence-corrected chi connectivity index (χ3v) is 6.71. The van der Waals surface area contributed by atoms with E-state index < -0.39 is 17.7 Å². The van der Waals surface area contributed by atoms with Crippen LogP contribution in [-0.4, -0.2) is 16.8 Å². The minimum absolute atomic E-state index is 0.00692. The van der Waals surface area contributed by atoms with Crippen LogP contribution < -0.4 is 4.90 Å². The summed E-state index contributed by atoms with van der Waals surface area (Å²) in [5.74, 6) is -1.76. The highest BCUT2D eigenvalue weighted by Gasteiger charge is 2.47. The molecule has 4 rings (SSSR count). The lowest BCUT2D eigenvalue weighted by Gasteiger charge is -2.27. The molecule has 174 valence electrons. The number of ketones is 1. The average molecular weight is 494 g/mol. The van der Waals surface area contributed by atoms with Crippen LogP contribution in [0.3, 0.4) is 0 Å². The highest BCUT2D eigenvalue weighted by Crippen LogP contribution is 2.43. The van der Waals surface area contributed by atoms with Crippen molar-refractivity contribution in [3.8, 4) is 0 Å². The number of benzene rings is 3. The summed E-state index contributed by atoms with van der Waals surface area (Å²) in [6.07, 6.45) is 0. The molecule has 1 aliphatic rings. The first-order valence-electron chi connectivity index (χ1n) is 10.9. The van der Waals surface area contributed by atoms with Crippen LogP contribution in [0.1, 0.15) is 49.1 Å². The number of aryl methyl sites for hydroxylation is 1. The van der Waals surface area contributed by atoms with Gasteiger partial charge in [0, 0.05) is 21.3 Å². The van der Waals surface area contributed by atoms with Crippen molar-refractivity contribution in [2.45, 2.75) is 39.2 Å². The Bertz CT molecular complexity index is 1320. The van der Waals surface area contributed by atoms with Gasteiger partial charge in [0.25, 0.3) is 11.7 Å². The molecule has 3 aromatic rings. The molecule has 1 amide bonds. The van der Waals surface area contributed by atoms with Crippen LogP contribution in [0.15, 0.2) is 72.3 Å². The molecular weight excluding hydrogens is 469 g/mol. The van der Waals surface area contributed by atoms with E-state index in [2.05, 4.69) is 20.8 Å². The molecule has 1 saturated heterocycles. The van der Waals surface area contributed by atoms with Gasteiger partial charge in [-0.1, -0.05) is 86.4 Å². The molecule has 1 unspecified atom stereocenters. The fraction of sp³-hybridized carbons (Fsp3) is 0.214. The molecule has 0 spiro atoms. The molecule has 0 saturated carbocycles. The zero-order valence-corrected chi connectivity index (χ0v) is 20.9. The van der Waals surface area contributed by atoms with Crippen LogP contribution in [0, 0.1) is 6.92 Å². The van der Waals surface area contributed by atoms with Crippen LogP contribution in [-0.2, 0) is 15.0 Å². The van der Waals surface area contributed by atoms with Crippen LogP contribution >= 0.6 is 23.2 Å². The third kappa shape index (κ3) is 4.36. The number of hydrogen-bond donors (Lipinski definition) is 1. The Kier molecular flexibility index (Phi) is 6.32. The predicted molar refractivity (Wildman–Crippen MR) is 138 cm³/mol. The van der Waals surface area contributed by atoms with Gasteiger partial charge in [0.1, 0.15) is 5.76 Å². The fourth-order valence-electron chi connectivity index (χ4n) is 4.10. The third-order valence-electron chi connectivity index (χ3n) is 6.07. The lowest BCUT2D eigenvalue weighted by Crippen LogP contribution is -2.29. The monoisotopic (exact) mass is 493 g/mol. The van der Waals surface area contributed by atoms with E-state index in [1.807, 2.05) is 31.2 Å². The number of aliphatic hydroxyl groups is 1. The molecule has 0 aromatic heterocycles. The second kappa shape index (κ2) is 8.94. The summed E-state index contributed by atoms with van der Waals surface area (Å²) in [6.45, 7) is 8.20. The van der Waals surface area contributed by atoms with E-state index in [-0.39, 0.29) is 16.7 Å². The van der Waals surface area contributed by atoms with Crippen molar-refractivity contribution in [3.63, 3.8) is 0 Å². The summed E-state index contributed by atoms with van der Waals surface area (Å²) >= 11 is 12.5. The molecule has 0 radical (unpaired) electrons.